The number of hydrogen-bond donors (Lipinski definition) is 2. The molecule has 0 aliphatic carbocycles. The number of ether oxygens (including phenoxy) is 1. The van der Waals surface area contributed by atoms with E-state index in [-0.39, 0.29) is 5.75 Å². The molecule has 0 bridgehead atoms. The van der Waals surface area contributed by atoms with Crippen LogP contribution in [0.1, 0.15) is 5.56 Å². The van der Waals surface area contributed by atoms with Gasteiger partial charge in [-0.2, -0.15) is 0 Å². The van der Waals surface area contributed by atoms with Crippen molar-refractivity contribution in [1.82, 2.24) is 5.32 Å². The Kier molecular flexibility index (Phi) is 5.08. The highest BCUT2D eigenvalue weighted by Crippen LogP contribution is 2.10. The SMILES string of the molecule is COC(=O)C(Cl)CNCc1cccc(O)c1. The standard InChI is InChI=1S/C11H14ClNO3/c1-16-11(15)10(12)7-13-6-8-3-2-4-9(14)5-8/h2-5,10,13-14H,6-7H2,1H3. The molecule has 0 aliphatic rings. The summed E-state index contributed by atoms with van der Waals surface area (Å²) in [6.07, 6.45) is 0. The molecule has 0 saturated carbocycles. The number of methoxy groups -OCH3 is 1. The molecule has 0 amide bonds. The summed E-state index contributed by atoms with van der Waals surface area (Å²) in [5.41, 5.74) is 0.925. The summed E-state index contributed by atoms with van der Waals surface area (Å²) in [7, 11) is 1.30. The maximum atomic E-state index is 11.0. The van der Waals surface area contributed by atoms with E-state index in [0.717, 1.165) is 5.56 Å². The van der Waals surface area contributed by atoms with Crippen molar-refractivity contribution in [3.05, 3.63) is 29.8 Å². The third kappa shape index (κ3) is 4.08. The van der Waals surface area contributed by atoms with Crippen molar-refractivity contribution in [1.29, 1.82) is 0 Å². The second kappa shape index (κ2) is 6.35. The van der Waals surface area contributed by atoms with E-state index in [2.05, 4.69) is 10.1 Å². The molecule has 16 heavy (non-hydrogen) atoms. The number of phenolic OH excluding ortho intramolecular Hbond substituents is 1. The van der Waals surface area contributed by atoms with E-state index in [4.69, 9.17) is 11.6 Å². The van der Waals surface area contributed by atoms with Crippen LogP contribution in [0.2, 0.25) is 0 Å². The van der Waals surface area contributed by atoms with Crippen molar-refractivity contribution in [2.45, 2.75) is 11.9 Å². The Morgan fingerprint density at radius 2 is 2.38 bits per heavy atom. The number of phenols is 1. The third-order valence-electron chi connectivity index (χ3n) is 2.02. The Balaban J connectivity index is 2.33. The highest BCUT2D eigenvalue weighted by Gasteiger charge is 2.14. The summed E-state index contributed by atoms with van der Waals surface area (Å²) < 4.78 is 4.48. The van der Waals surface area contributed by atoms with Gasteiger partial charge >= 0.3 is 5.97 Å². The zero-order chi connectivity index (χ0) is 12.0. The first kappa shape index (κ1) is 12.8. The van der Waals surface area contributed by atoms with Gasteiger partial charge in [-0.15, -0.1) is 11.6 Å². The molecular weight excluding hydrogens is 230 g/mol. The molecule has 0 heterocycles. The number of halogens is 1. The quantitative estimate of drug-likeness (QED) is 0.604. The molecule has 2 N–H and O–H groups in total. The van der Waals surface area contributed by atoms with E-state index >= 15 is 0 Å². The summed E-state index contributed by atoms with van der Waals surface area (Å²) in [4.78, 5) is 11.0. The lowest BCUT2D eigenvalue weighted by Crippen LogP contribution is -2.29. The molecule has 1 unspecified atom stereocenters. The van der Waals surface area contributed by atoms with Crippen LogP contribution in [0.15, 0.2) is 24.3 Å². The van der Waals surface area contributed by atoms with Gasteiger partial charge in [0.1, 0.15) is 11.1 Å². The van der Waals surface area contributed by atoms with Gasteiger partial charge in [0.05, 0.1) is 7.11 Å². The van der Waals surface area contributed by atoms with E-state index < -0.39 is 11.3 Å². The number of esters is 1. The number of carbonyl (C=O) groups excluding carboxylic acids is 1. The Hall–Kier alpha value is -1.26. The van der Waals surface area contributed by atoms with Crippen molar-refractivity contribution in [3.8, 4) is 5.75 Å². The molecular formula is C11H14ClNO3. The summed E-state index contributed by atoms with van der Waals surface area (Å²) in [6.45, 7) is 0.860. The topological polar surface area (TPSA) is 58.6 Å². The van der Waals surface area contributed by atoms with E-state index in [9.17, 15) is 9.90 Å². The minimum atomic E-state index is -0.692. The summed E-state index contributed by atoms with van der Waals surface area (Å²) in [6, 6.07) is 6.87. The van der Waals surface area contributed by atoms with Crippen LogP contribution in [0.25, 0.3) is 0 Å². The Morgan fingerprint density at radius 3 is 3.00 bits per heavy atom. The van der Waals surface area contributed by atoms with E-state index in [0.29, 0.717) is 13.1 Å². The Morgan fingerprint density at radius 1 is 1.62 bits per heavy atom. The van der Waals surface area contributed by atoms with Crippen LogP contribution in [0.3, 0.4) is 0 Å². The molecule has 0 fully saturated rings. The molecule has 4 nitrogen and oxygen atoms in total. The summed E-state index contributed by atoms with van der Waals surface area (Å²) >= 11 is 5.74. The fourth-order valence-electron chi connectivity index (χ4n) is 1.22. The normalized spacial score (nSPS) is 12.1. The largest absolute Gasteiger partial charge is 0.508 e. The molecule has 1 aromatic carbocycles. The molecule has 5 heteroatoms. The first-order valence-electron chi connectivity index (χ1n) is 4.84. The van der Waals surface area contributed by atoms with Gasteiger partial charge in [-0.1, -0.05) is 12.1 Å². The minimum Gasteiger partial charge on any atom is -0.508 e. The van der Waals surface area contributed by atoms with Gasteiger partial charge in [-0.05, 0) is 17.7 Å². The van der Waals surface area contributed by atoms with Crippen LogP contribution in [0, 0.1) is 0 Å². The number of benzene rings is 1. The number of aromatic hydroxyl groups is 1. The molecule has 1 rings (SSSR count). The number of alkyl halides is 1. The Labute approximate surface area is 99.2 Å². The highest BCUT2D eigenvalue weighted by atomic mass is 35.5. The van der Waals surface area contributed by atoms with Crippen LogP contribution in [0.4, 0.5) is 0 Å². The van der Waals surface area contributed by atoms with Crippen molar-refractivity contribution < 1.29 is 14.6 Å². The second-order valence-electron chi connectivity index (χ2n) is 3.29. The van der Waals surface area contributed by atoms with Gasteiger partial charge in [-0.25, -0.2) is 0 Å². The zero-order valence-electron chi connectivity index (χ0n) is 8.94. The van der Waals surface area contributed by atoms with Crippen LogP contribution < -0.4 is 5.32 Å². The smallest absolute Gasteiger partial charge is 0.325 e. The van der Waals surface area contributed by atoms with E-state index in [1.807, 2.05) is 6.07 Å². The van der Waals surface area contributed by atoms with Gasteiger partial charge < -0.3 is 15.2 Å². The fraction of sp³-hybridized carbons (Fsp3) is 0.364. The van der Waals surface area contributed by atoms with Gasteiger partial charge in [-0.3, -0.25) is 4.79 Å². The molecule has 1 atom stereocenters. The first-order chi connectivity index (χ1) is 7.63. The second-order valence-corrected chi connectivity index (χ2v) is 3.82. The minimum absolute atomic E-state index is 0.217. The lowest BCUT2D eigenvalue weighted by Gasteiger charge is -2.08. The molecule has 0 saturated heterocycles. The summed E-state index contributed by atoms with van der Waals surface area (Å²) in [5.74, 6) is -0.236. The lowest BCUT2D eigenvalue weighted by atomic mass is 10.2. The van der Waals surface area contributed by atoms with Crippen LogP contribution in [-0.4, -0.2) is 30.1 Å². The fourth-order valence-corrected chi connectivity index (χ4v) is 1.42. The zero-order valence-corrected chi connectivity index (χ0v) is 9.70. The first-order valence-corrected chi connectivity index (χ1v) is 5.27. The van der Waals surface area contributed by atoms with Crippen molar-refractivity contribution >= 4 is 17.6 Å². The highest BCUT2D eigenvalue weighted by molar-refractivity contribution is 6.30. The van der Waals surface area contributed by atoms with Gasteiger partial charge in [0.2, 0.25) is 0 Å². The summed E-state index contributed by atoms with van der Waals surface area (Å²) in [5, 5.41) is 11.5. The molecule has 0 radical (unpaired) electrons. The maximum absolute atomic E-state index is 11.0. The lowest BCUT2D eigenvalue weighted by molar-refractivity contribution is -0.140. The number of rotatable bonds is 5. The van der Waals surface area contributed by atoms with Gasteiger partial charge in [0.15, 0.2) is 0 Å². The van der Waals surface area contributed by atoms with Gasteiger partial charge in [0.25, 0.3) is 0 Å². The predicted molar refractivity (Wildman–Crippen MR) is 61.5 cm³/mol. The monoisotopic (exact) mass is 243 g/mol. The van der Waals surface area contributed by atoms with Crippen LogP contribution >= 0.6 is 11.6 Å². The van der Waals surface area contributed by atoms with E-state index in [1.54, 1.807) is 18.2 Å². The number of hydrogen-bond acceptors (Lipinski definition) is 4. The number of carbonyl (C=O) groups is 1. The Bertz CT molecular complexity index is 357. The molecule has 1 aromatic rings. The molecule has 0 spiro atoms. The van der Waals surface area contributed by atoms with E-state index in [1.165, 1.54) is 7.11 Å². The molecule has 0 aromatic heterocycles. The van der Waals surface area contributed by atoms with Gasteiger partial charge in [0, 0.05) is 13.1 Å². The van der Waals surface area contributed by atoms with Crippen molar-refractivity contribution in [3.63, 3.8) is 0 Å². The molecule has 0 aliphatic heterocycles. The average molecular weight is 244 g/mol. The predicted octanol–water partition coefficient (Wildman–Crippen LogP) is 1.26. The molecule has 88 valence electrons. The third-order valence-corrected chi connectivity index (χ3v) is 2.35. The van der Waals surface area contributed by atoms with Crippen molar-refractivity contribution in [2.24, 2.45) is 0 Å². The average Bonchev–Trinajstić information content (AvgIpc) is 2.28. The van der Waals surface area contributed by atoms with Crippen LogP contribution in [0.5, 0.6) is 5.75 Å². The van der Waals surface area contributed by atoms with Crippen LogP contribution in [-0.2, 0) is 16.1 Å². The number of nitrogens with one attached hydrogen (secondary N) is 1. The maximum Gasteiger partial charge on any atom is 0.325 e. The van der Waals surface area contributed by atoms with Crippen molar-refractivity contribution in [2.75, 3.05) is 13.7 Å².